The highest BCUT2D eigenvalue weighted by Gasteiger charge is 2.04. The molecule has 0 spiro atoms. The normalized spacial score (nSPS) is 9.89. The van der Waals surface area contributed by atoms with E-state index in [4.69, 9.17) is 16.9 Å². The third-order valence-electron chi connectivity index (χ3n) is 2.49. The van der Waals surface area contributed by atoms with Crippen molar-refractivity contribution in [3.05, 3.63) is 57.0 Å². The number of rotatable bonds is 2. The summed E-state index contributed by atoms with van der Waals surface area (Å²) in [6.07, 6.45) is 0. The second-order valence-corrected chi connectivity index (χ2v) is 5.18. The zero-order valence-electron chi connectivity index (χ0n) is 9.67. The van der Waals surface area contributed by atoms with Crippen molar-refractivity contribution >= 4 is 38.9 Å². The predicted molar refractivity (Wildman–Crippen MR) is 78.3 cm³/mol. The van der Waals surface area contributed by atoms with Crippen LogP contribution in [-0.4, -0.2) is 0 Å². The molecule has 1 N–H and O–H groups in total. The first kappa shape index (κ1) is 12.9. The number of aryl methyl sites for hydroxylation is 1. The van der Waals surface area contributed by atoms with Gasteiger partial charge in [0.1, 0.15) is 6.07 Å². The van der Waals surface area contributed by atoms with Gasteiger partial charge >= 0.3 is 0 Å². The molecule has 18 heavy (non-hydrogen) atoms. The van der Waals surface area contributed by atoms with Crippen LogP contribution in [0.2, 0.25) is 5.02 Å². The van der Waals surface area contributed by atoms with Crippen LogP contribution in [0.1, 0.15) is 11.1 Å². The van der Waals surface area contributed by atoms with E-state index >= 15 is 0 Å². The van der Waals surface area contributed by atoms with Crippen LogP contribution in [-0.2, 0) is 0 Å². The quantitative estimate of drug-likeness (QED) is 0.842. The van der Waals surface area contributed by atoms with Crippen LogP contribution < -0.4 is 5.32 Å². The SMILES string of the molecule is Cc1ccc(Nc2ccc(Br)c(Cl)c2)c(C#N)c1. The summed E-state index contributed by atoms with van der Waals surface area (Å²) in [5.74, 6) is 0. The number of anilines is 2. The Bertz CT molecular complexity index is 632. The number of nitrogens with zero attached hydrogens (tertiary/aromatic N) is 1. The van der Waals surface area contributed by atoms with Gasteiger partial charge in [-0.05, 0) is 58.7 Å². The minimum Gasteiger partial charge on any atom is -0.354 e. The zero-order chi connectivity index (χ0) is 13.1. The molecule has 2 aromatic rings. The molecule has 0 aliphatic carbocycles. The molecule has 0 atom stereocenters. The fourth-order valence-corrected chi connectivity index (χ4v) is 2.02. The van der Waals surface area contributed by atoms with Gasteiger partial charge in [0.25, 0.3) is 0 Å². The molecule has 0 heterocycles. The summed E-state index contributed by atoms with van der Waals surface area (Å²) in [6.45, 7) is 1.96. The van der Waals surface area contributed by atoms with Gasteiger partial charge in [-0.1, -0.05) is 17.7 Å². The summed E-state index contributed by atoms with van der Waals surface area (Å²) in [5.41, 5.74) is 3.31. The minimum atomic E-state index is 0.619. The van der Waals surface area contributed by atoms with Crippen molar-refractivity contribution in [1.29, 1.82) is 5.26 Å². The fraction of sp³-hybridized carbons (Fsp3) is 0.0714. The van der Waals surface area contributed by atoms with E-state index in [-0.39, 0.29) is 0 Å². The number of hydrogen-bond donors (Lipinski definition) is 1. The van der Waals surface area contributed by atoms with Gasteiger partial charge in [0.2, 0.25) is 0 Å². The standard InChI is InChI=1S/C14H10BrClN2/c1-9-2-5-14(10(6-9)8-17)18-11-3-4-12(15)13(16)7-11/h2-7,18H,1H3. The number of benzene rings is 2. The molecule has 2 nitrogen and oxygen atoms in total. The number of nitrogens with one attached hydrogen (secondary N) is 1. The van der Waals surface area contributed by atoms with E-state index in [0.29, 0.717) is 10.6 Å². The molecule has 0 saturated carbocycles. The maximum Gasteiger partial charge on any atom is 0.101 e. The molecule has 2 rings (SSSR count). The summed E-state index contributed by atoms with van der Waals surface area (Å²) in [5, 5.41) is 12.9. The molecule has 4 heteroatoms. The molecular formula is C14H10BrClN2. The van der Waals surface area contributed by atoms with Crippen molar-refractivity contribution in [1.82, 2.24) is 0 Å². The van der Waals surface area contributed by atoms with E-state index in [1.165, 1.54) is 0 Å². The highest BCUT2D eigenvalue weighted by molar-refractivity contribution is 9.10. The largest absolute Gasteiger partial charge is 0.354 e. The Morgan fingerprint density at radius 2 is 2.00 bits per heavy atom. The van der Waals surface area contributed by atoms with Crippen molar-refractivity contribution in [3.63, 3.8) is 0 Å². The summed E-state index contributed by atoms with van der Waals surface area (Å²) in [7, 11) is 0. The van der Waals surface area contributed by atoms with Crippen LogP contribution in [0.3, 0.4) is 0 Å². The lowest BCUT2D eigenvalue weighted by Gasteiger charge is -2.09. The number of hydrogen-bond acceptors (Lipinski definition) is 2. The van der Waals surface area contributed by atoms with Crippen molar-refractivity contribution in [2.45, 2.75) is 6.92 Å². The third-order valence-corrected chi connectivity index (χ3v) is 3.73. The van der Waals surface area contributed by atoms with Crippen molar-refractivity contribution in [2.24, 2.45) is 0 Å². The Morgan fingerprint density at radius 3 is 2.67 bits per heavy atom. The van der Waals surface area contributed by atoms with Gasteiger partial charge < -0.3 is 5.32 Å². The van der Waals surface area contributed by atoms with Crippen molar-refractivity contribution < 1.29 is 0 Å². The van der Waals surface area contributed by atoms with Gasteiger partial charge in [-0.2, -0.15) is 5.26 Å². The zero-order valence-corrected chi connectivity index (χ0v) is 12.0. The molecule has 0 aromatic heterocycles. The van der Waals surface area contributed by atoms with Gasteiger partial charge in [0.05, 0.1) is 16.3 Å². The van der Waals surface area contributed by atoms with Gasteiger partial charge in [0, 0.05) is 10.2 Å². The van der Waals surface area contributed by atoms with Crippen LogP contribution >= 0.6 is 27.5 Å². The van der Waals surface area contributed by atoms with E-state index in [1.807, 2.05) is 43.3 Å². The Morgan fingerprint density at radius 1 is 1.22 bits per heavy atom. The molecule has 2 aromatic carbocycles. The van der Waals surface area contributed by atoms with E-state index < -0.39 is 0 Å². The highest BCUT2D eigenvalue weighted by Crippen LogP contribution is 2.28. The first-order valence-corrected chi connectivity index (χ1v) is 6.50. The maximum atomic E-state index is 9.10. The molecule has 0 bridgehead atoms. The molecule has 0 amide bonds. The summed E-state index contributed by atoms with van der Waals surface area (Å²) in [4.78, 5) is 0. The van der Waals surface area contributed by atoms with Gasteiger partial charge in [-0.15, -0.1) is 0 Å². The molecule has 90 valence electrons. The van der Waals surface area contributed by atoms with Crippen molar-refractivity contribution in [2.75, 3.05) is 5.32 Å². The van der Waals surface area contributed by atoms with E-state index in [0.717, 1.165) is 21.4 Å². The van der Waals surface area contributed by atoms with Crippen LogP contribution in [0.25, 0.3) is 0 Å². The maximum absolute atomic E-state index is 9.10. The van der Waals surface area contributed by atoms with Crippen LogP contribution in [0.4, 0.5) is 11.4 Å². The van der Waals surface area contributed by atoms with Crippen LogP contribution in [0.5, 0.6) is 0 Å². The van der Waals surface area contributed by atoms with Crippen molar-refractivity contribution in [3.8, 4) is 6.07 Å². The van der Waals surface area contributed by atoms with Gasteiger partial charge in [-0.3, -0.25) is 0 Å². The summed E-state index contributed by atoms with van der Waals surface area (Å²) < 4.78 is 0.846. The number of halogens is 2. The third kappa shape index (κ3) is 2.84. The minimum absolute atomic E-state index is 0.619. The number of nitriles is 1. The second kappa shape index (κ2) is 5.43. The molecule has 0 saturated heterocycles. The summed E-state index contributed by atoms with van der Waals surface area (Å²) in [6, 6.07) is 13.5. The average molecular weight is 322 g/mol. The Balaban J connectivity index is 2.34. The molecule has 0 unspecified atom stereocenters. The Labute approximate surface area is 119 Å². The average Bonchev–Trinajstić information content (AvgIpc) is 2.36. The highest BCUT2D eigenvalue weighted by atomic mass is 79.9. The van der Waals surface area contributed by atoms with Crippen LogP contribution in [0.15, 0.2) is 40.9 Å². The van der Waals surface area contributed by atoms with E-state index in [9.17, 15) is 0 Å². The lowest BCUT2D eigenvalue weighted by atomic mass is 10.1. The second-order valence-electron chi connectivity index (χ2n) is 3.91. The van der Waals surface area contributed by atoms with Gasteiger partial charge in [-0.25, -0.2) is 0 Å². The smallest absolute Gasteiger partial charge is 0.101 e. The molecule has 0 aliphatic rings. The van der Waals surface area contributed by atoms with E-state index in [2.05, 4.69) is 27.3 Å². The predicted octanol–water partition coefficient (Wildman–Crippen LogP) is 5.03. The first-order valence-electron chi connectivity index (χ1n) is 5.33. The Kier molecular flexibility index (Phi) is 3.90. The molecule has 0 aliphatic heterocycles. The monoisotopic (exact) mass is 320 g/mol. The first-order chi connectivity index (χ1) is 8.60. The fourth-order valence-electron chi connectivity index (χ4n) is 1.59. The summed E-state index contributed by atoms with van der Waals surface area (Å²) >= 11 is 9.37. The van der Waals surface area contributed by atoms with Gasteiger partial charge in [0.15, 0.2) is 0 Å². The lowest BCUT2D eigenvalue weighted by Crippen LogP contribution is -1.94. The van der Waals surface area contributed by atoms with Crippen LogP contribution in [0, 0.1) is 18.3 Å². The Hall–Kier alpha value is -1.50. The topological polar surface area (TPSA) is 35.8 Å². The molecule has 0 radical (unpaired) electrons. The molecular weight excluding hydrogens is 312 g/mol. The molecule has 0 fully saturated rings. The lowest BCUT2D eigenvalue weighted by molar-refractivity contribution is 1.40. The van der Waals surface area contributed by atoms with E-state index in [1.54, 1.807) is 0 Å².